The molecule has 0 bridgehead atoms. The Morgan fingerprint density at radius 1 is 1.23 bits per heavy atom. The van der Waals surface area contributed by atoms with Crippen molar-refractivity contribution in [2.75, 3.05) is 18.0 Å². The number of anilines is 1. The average Bonchev–Trinajstić information content (AvgIpc) is 3.23. The SMILES string of the molecule is Cc1c(F)ccc2cc(C(N)=NC(C)O)c(N3CCC(NC4CCCC4)CC3)nc12. The number of benzene rings is 1. The molecule has 1 aliphatic carbocycles. The molecule has 2 aromatic rings. The molecule has 30 heavy (non-hydrogen) atoms. The number of amidine groups is 1. The normalized spacial score (nSPS) is 20.3. The van der Waals surface area contributed by atoms with Gasteiger partial charge >= 0.3 is 0 Å². The van der Waals surface area contributed by atoms with E-state index < -0.39 is 6.23 Å². The van der Waals surface area contributed by atoms with Crippen molar-refractivity contribution in [1.82, 2.24) is 10.3 Å². The van der Waals surface area contributed by atoms with Gasteiger partial charge in [0.1, 0.15) is 23.7 Å². The van der Waals surface area contributed by atoms with Crippen LogP contribution in [0.2, 0.25) is 0 Å². The number of aliphatic imine (C=N–C) groups is 1. The topological polar surface area (TPSA) is 86.8 Å². The number of pyridine rings is 1. The number of halogens is 1. The average molecular weight is 414 g/mol. The third-order valence-electron chi connectivity index (χ3n) is 6.38. The maximum absolute atomic E-state index is 14.2. The first-order valence-electron chi connectivity index (χ1n) is 11.0. The van der Waals surface area contributed by atoms with E-state index in [1.807, 2.05) is 6.07 Å². The monoisotopic (exact) mass is 413 g/mol. The summed E-state index contributed by atoms with van der Waals surface area (Å²) >= 11 is 0. The molecule has 2 fully saturated rings. The molecule has 0 spiro atoms. The Balaban J connectivity index is 1.63. The lowest BCUT2D eigenvalue weighted by Gasteiger charge is -2.35. The van der Waals surface area contributed by atoms with E-state index >= 15 is 0 Å². The molecule has 0 radical (unpaired) electrons. The Morgan fingerprint density at radius 3 is 2.57 bits per heavy atom. The minimum absolute atomic E-state index is 0.252. The minimum Gasteiger partial charge on any atom is -0.383 e. The molecule has 2 aliphatic rings. The zero-order valence-corrected chi connectivity index (χ0v) is 17.9. The molecule has 2 heterocycles. The summed E-state index contributed by atoms with van der Waals surface area (Å²) in [6.07, 6.45) is 6.40. The standard InChI is InChI=1S/C23H32FN5O/c1-14-20(24)8-7-16-13-19(22(25)26-15(2)30)23(28-21(14)16)29-11-9-18(10-12-29)27-17-5-3-4-6-17/h7-8,13,15,17-18,27,30H,3-6,9-12H2,1-2H3,(H2,25,26). The Bertz CT molecular complexity index is 931. The highest BCUT2D eigenvalue weighted by molar-refractivity contribution is 6.05. The summed E-state index contributed by atoms with van der Waals surface area (Å²) in [6, 6.07) is 6.26. The summed E-state index contributed by atoms with van der Waals surface area (Å²) in [7, 11) is 0. The number of hydrogen-bond donors (Lipinski definition) is 3. The van der Waals surface area contributed by atoms with Gasteiger partial charge in [0.2, 0.25) is 0 Å². The van der Waals surface area contributed by atoms with Gasteiger partial charge in [0.15, 0.2) is 0 Å². The quantitative estimate of drug-likeness (QED) is 0.518. The number of aryl methyl sites for hydroxylation is 1. The number of hydrogen-bond acceptors (Lipinski definition) is 5. The van der Waals surface area contributed by atoms with Crippen molar-refractivity contribution < 1.29 is 9.50 Å². The van der Waals surface area contributed by atoms with Crippen LogP contribution < -0.4 is 16.0 Å². The molecule has 4 N–H and O–H groups in total. The number of piperidine rings is 1. The molecule has 1 saturated carbocycles. The van der Waals surface area contributed by atoms with Crippen LogP contribution in [-0.4, -0.2) is 47.3 Å². The van der Waals surface area contributed by atoms with E-state index in [9.17, 15) is 9.50 Å². The van der Waals surface area contributed by atoms with Crippen molar-refractivity contribution in [2.45, 2.75) is 70.7 Å². The summed E-state index contributed by atoms with van der Waals surface area (Å²) in [5.41, 5.74) is 8.10. The maximum Gasteiger partial charge on any atom is 0.144 e. The summed E-state index contributed by atoms with van der Waals surface area (Å²) in [4.78, 5) is 11.2. The lowest BCUT2D eigenvalue weighted by Crippen LogP contribution is -2.46. The fourth-order valence-electron chi connectivity index (χ4n) is 4.73. The second-order valence-electron chi connectivity index (χ2n) is 8.66. The largest absolute Gasteiger partial charge is 0.383 e. The van der Waals surface area contributed by atoms with E-state index in [2.05, 4.69) is 15.2 Å². The minimum atomic E-state index is -0.898. The summed E-state index contributed by atoms with van der Waals surface area (Å²) in [6.45, 7) is 5.03. The van der Waals surface area contributed by atoms with E-state index in [0.29, 0.717) is 28.7 Å². The zero-order chi connectivity index (χ0) is 21.3. The Hall–Kier alpha value is -2.25. The van der Waals surface area contributed by atoms with E-state index in [1.165, 1.54) is 31.7 Å². The van der Waals surface area contributed by atoms with Crippen LogP contribution in [0, 0.1) is 12.7 Å². The third-order valence-corrected chi connectivity index (χ3v) is 6.38. The summed E-state index contributed by atoms with van der Waals surface area (Å²) < 4.78 is 14.2. The number of nitrogens with zero attached hydrogens (tertiary/aromatic N) is 3. The molecule has 1 atom stereocenters. The van der Waals surface area contributed by atoms with Gasteiger partial charge < -0.3 is 21.1 Å². The molecular weight excluding hydrogens is 381 g/mol. The second-order valence-corrected chi connectivity index (χ2v) is 8.66. The molecule has 6 nitrogen and oxygen atoms in total. The van der Waals surface area contributed by atoms with Crippen LogP contribution in [0.3, 0.4) is 0 Å². The van der Waals surface area contributed by atoms with Gasteiger partial charge in [0.25, 0.3) is 0 Å². The first-order chi connectivity index (χ1) is 14.4. The van der Waals surface area contributed by atoms with Gasteiger partial charge in [-0.15, -0.1) is 0 Å². The van der Waals surface area contributed by atoms with Crippen LogP contribution in [0.1, 0.15) is 56.6 Å². The fraction of sp³-hybridized carbons (Fsp3) is 0.565. The predicted octanol–water partition coefficient (Wildman–Crippen LogP) is 3.23. The molecule has 4 rings (SSSR count). The van der Waals surface area contributed by atoms with Gasteiger partial charge in [-0.2, -0.15) is 0 Å². The van der Waals surface area contributed by atoms with Crippen LogP contribution in [0.25, 0.3) is 10.9 Å². The molecule has 1 aromatic heterocycles. The summed E-state index contributed by atoms with van der Waals surface area (Å²) in [5.74, 6) is 0.707. The second kappa shape index (κ2) is 8.86. The smallest absolute Gasteiger partial charge is 0.144 e. The number of aliphatic hydroxyl groups excluding tert-OH is 1. The van der Waals surface area contributed by atoms with Crippen molar-refractivity contribution in [3.05, 3.63) is 35.1 Å². The Labute approximate surface area is 177 Å². The first-order valence-corrected chi connectivity index (χ1v) is 11.0. The lowest BCUT2D eigenvalue weighted by molar-refractivity contribution is 0.205. The third kappa shape index (κ3) is 4.42. The highest BCUT2D eigenvalue weighted by Crippen LogP contribution is 2.29. The molecule has 7 heteroatoms. The molecule has 1 aromatic carbocycles. The van der Waals surface area contributed by atoms with Crippen LogP contribution in [0.15, 0.2) is 23.2 Å². The van der Waals surface area contributed by atoms with E-state index in [4.69, 9.17) is 10.7 Å². The van der Waals surface area contributed by atoms with Crippen LogP contribution >= 0.6 is 0 Å². The van der Waals surface area contributed by atoms with Gasteiger partial charge in [-0.25, -0.2) is 14.4 Å². The van der Waals surface area contributed by atoms with Gasteiger partial charge in [0.05, 0.1) is 11.1 Å². The Morgan fingerprint density at radius 2 is 1.90 bits per heavy atom. The number of rotatable bonds is 5. The molecule has 1 saturated heterocycles. The number of nitrogens with two attached hydrogens (primary N) is 1. The molecular formula is C23H32FN5O. The molecule has 1 aliphatic heterocycles. The number of aromatic nitrogens is 1. The van der Waals surface area contributed by atoms with Gasteiger partial charge in [-0.05, 0) is 57.7 Å². The van der Waals surface area contributed by atoms with Crippen molar-refractivity contribution in [1.29, 1.82) is 0 Å². The molecule has 1 unspecified atom stereocenters. The van der Waals surface area contributed by atoms with Gasteiger partial charge in [-0.1, -0.05) is 12.8 Å². The van der Waals surface area contributed by atoms with Crippen LogP contribution in [-0.2, 0) is 0 Å². The van der Waals surface area contributed by atoms with E-state index in [0.717, 1.165) is 37.1 Å². The van der Waals surface area contributed by atoms with Crippen LogP contribution in [0.4, 0.5) is 10.2 Å². The summed E-state index contributed by atoms with van der Waals surface area (Å²) in [5, 5.41) is 14.3. The number of aliphatic hydroxyl groups is 1. The van der Waals surface area contributed by atoms with Crippen molar-refractivity contribution in [3.8, 4) is 0 Å². The number of nitrogens with one attached hydrogen (secondary N) is 1. The molecule has 0 amide bonds. The van der Waals surface area contributed by atoms with E-state index in [-0.39, 0.29) is 11.7 Å². The van der Waals surface area contributed by atoms with Crippen LogP contribution in [0.5, 0.6) is 0 Å². The lowest BCUT2D eigenvalue weighted by atomic mass is 10.0. The van der Waals surface area contributed by atoms with Gasteiger partial charge in [0, 0.05) is 36.1 Å². The molecule has 162 valence electrons. The maximum atomic E-state index is 14.2. The Kier molecular flexibility index (Phi) is 6.20. The van der Waals surface area contributed by atoms with Crippen molar-refractivity contribution in [2.24, 2.45) is 10.7 Å². The predicted molar refractivity (Wildman–Crippen MR) is 119 cm³/mol. The number of fused-ring (bicyclic) bond motifs is 1. The van der Waals surface area contributed by atoms with E-state index in [1.54, 1.807) is 19.9 Å². The first kappa shape index (κ1) is 21.0. The van der Waals surface area contributed by atoms with Gasteiger partial charge in [-0.3, -0.25) is 0 Å². The highest BCUT2D eigenvalue weighted by atomic mass is 19.1. The van der Waals surface area contributed by atoms with Crippen molar-refractivity contribution >= 4 is 22.6 Å². The zero-order valence-electron chi connectivity index (χ0n) is 17.9. The van der Waals surface area contributed by atoms with Crippen molar-refractivity contribution in [3.63, 3.8) is 0 Å². The highest BCUT2D eigenvalue weighted by Gasteiger charge is 2.26. The fourth-order valence-corrected chi connectivity index (χ4v) is 4.73.